The molecule has 0 spiro atoms. The number of aryl methyl sites for hydroxylation is 1. The summed E-state index contributed by atoms with van der Waals surface area (Å²) in [6.07, 6.45) is 4.52. The molecule has 2 saturated carbocycles. The molecule has 3 aromatic heterocycles. The number of aromatic nitrogens is 3. The molecule has 0 atom stereocenters. The van der Waals surface area contributed by atoms with Gasteiger partial charge in [0.2, 0.25) is 0 Å². The maximum Gasteiger partial charge on any atom is 0.255 e. The first-order chi connectivity index (χ1) is 13.8. The fourth-order valence-electron chi connectivity index (χ4n) is 4.01. The lowest BCUT2D eigenvalue weighted by Gasteiger charge is -2.23. The van der Waals surface area contributed by atoms with Crippen LogP contribution in [0.1, 0.15) is 79.0 Å². The number of rotatable bonds is 5. The van der Waals surface area contributed by atoms with E-state index in [2.05, 4.69) is 49.3 Å². The third kappa shape index (κ3) is 3.48. The predicted molar refractivity (Wildman–Crippen MR) is 116 cm³/mol. The minimum Gasteiger partial charge on any atom is -0.330 e. The monoisotopic (exact) mass is 408 g/mol. The topological polar surface area (TPSA) is 51.0 Å². The number of nitrogens with zero attached hydrogens (tertiary/aromatic N) is 4. The summed E-state index contributed by atoms with van der Waals surface area (Å²) in [6, 6.07) is 6.60. The molecule has 5 nitrogen and oxygen atoms in total. The smallest absolute Gasteiger partial charge is 0.255 e. The molecule has 0 saturated heterocycles. The number of fused-ring (bicyclic) bond motifs is 1. The Hall–Kier alpha value is -2.21. The lowest BCUT2D eigenvalue weighted by Crippen LogP contribution is -2.32. The SMILES string of the molecule is Cc1nn(C(C)(C)C)c2nc(C3CC3)cc(C(=O)N(Cc3cccs3)C3CC3)c12. The minimum atomic E-state index is -0.185. The number of carbonyl (C=O) groups excluding carboxylic acids is 1. The molecule has 1 amide bonds. The second-order valence-electron chi connectivity index (χ2n) is 9.48. The molecule has 3 heterocycles. The van der Waals surface area contributed by atoms with Crippen LogP contribution >= 0.6 is 11.3 Å². The van der Waals surface area contributed by atoms with Crippen molar-refractivity contribution in [3.05, 3.63) is 45.4 Å². The largest absolute Gasteiger partial charge is 0.330 e. The summed E-state index contributed by atoms with van der Waals surface area (Å²) in [7, 11) is 0. The van der Waals surface area contributed by atoms with Crippen molar-refractivity contribution >= 4 is 28.3 Å². The maximum atomic E-state index is 13.8. The lowest BCUT2D eigenvalue weighted by molar-refractivity contribution is 0.0733. The minimum absolute atomic E-state index is 0.131. The number of carbonyl (C=O) groups is 1. The zero-order chi connectivity index (χ0) is 20.3. The van der Waals surface area contributed by atoms with Crippen LogP contribution in [0.15, 0.2) is 23.6 Å². The number of thiophene rings is 1. The highest BCUT2D eigenvalue weighted by molar-refractivity contribution is 7.09. The fourth-order valence-corrected chi connectivity index (χ4v) is 4.71. The molecule has 0 aromatic carbocycles. The summed E-state index contributed by atoms with van der Waals surface area (Å²) >= 11 is 1.72. The molecule has 6 heteroatoms. The van der Waals surface area contributed by atoms with Crippen LogP contribution in [0.25, 0.3) is 11.0 Å². The first kappa shape index (κ1) is 18.8. The molecule has 0 bridgehead atoms. The number of hydrogen-bond acceptors (Lipinski definition) is 4. The van der Waals surface area contributed by atoms with E-state index in [4.69, 9.17) is 10.1 Å². The summed E-state index contributed by atoms with van der Waals surface area (Å²) < 4.78 is 2.00. The molecule has 2 aliphatic rings. The van der Waals surface area contributed by atoms with Gasteiger partial charge in [-0.25, -0.2) is 9.67 Å². The van der Waals surface area contributed by atoms with Crippen molar-refractivity contribution in [3.8, 4) is 0 Å². The Balaban J connectivity index is 1.64. The van der Waals surface area contributed by atoms with Crippen molar-refractivity contribution in [1.29, 1.82) is 0 Å². The van der Waals surface area contributed by atoms with Crippen LogP contribution in [0.3, 0.4) is 0 Å². The van der Waals surface area contributed by atoms with Gasteiger partial charge in [0.15, 0.2) is 5.65 Å². The maximum absolute atomic E-state index is 13.8. The fraction of sp³-hybridized carbons (Fsp3) is 0.522. The average molecular weight is 409 g/mol. The molecule has 29 heavy (non-hydrogen) atoms. The Labute approximate surface area is 175 Å². The molecule has 152 valence electrons. The van der Waals surface area contributed by atoms with Gasteiger partial charge in [0.25, 0.3) is 5.91 Å². The van der Waals surface area contributed by atoms with E-state index in [0.717, 1.165) is 53.7 Å². The third-order valence-corrected chi connectivity index (χ3v) is 6.71. The van der Waals surface area contributed by atoms with Gasteiger partial charge in [-0.15, -0.1) is 11.3 Å². The summed E-state index contributed by atoms with van der Waals surface area (Å²) in [5.74, 6) is 0.619. The number of pyridine rings is 1. The summed E-state index contributed by atoms with van der Waals surface area (Å²) in [5.41, 5.74) is 3.40. The summed E-state index contributed by atoms with van der Waals surface area (Å²) in [4.78, 5) is 22.1. The first-order valence-corrected chi connectivity index (χ1v) is 11.4. The Bertz CT molecular complexity index is 1070. The van der Waals surface area contributed by atoms with Crippen LogP contribution < -0.4 is 0 Å². The van der Waals surface area contributed by atoms with Gasteiger partial charge in [-0.3, -0.25) is 4.79 Å². The molecule has 0 aliphatic heterocycles. The first-order valence-electron chi connectivity index (χ1n) is 10.6. The molecule has 2 fully saturated rings. The second kappa shape index (κ2) is 6.66. The van der Waals surface area contributed by atoms with E-state index >= 15 is 0 Å². The Morgan fingerprint density at radius 3 is 2.62 bits per heavy atom. The van der Waals surface area contributed by atoms with Crippen molar-refractivity contribution in [1.82, 2.24) is 19.7 Å². The molecule has 3 aromatic rings. The van der Waals surface area contributed by atoms with Gasteiger partial charge < -0.3 is 4.90 Å². The van der Waals surface area contributed by atoms with Crippen LogP contribution in [-0.4, -0.2) is 31.6 Å². The summed E-state index contributed by atoms with van der Waals surface area (Å²) in [5, 5.41) is 7.81. The van der Waals surface area contributed by atoms with Crippen LogP contribution in [0, 0.1) is 6.92 Å². The zero-order valence-corrected chi connectivity index (χ0v) is 18.4. The number of amides is 1. The highest BCUT2D eigenvalue weighted by Crippen LogP contribution is 2.41. The normalized spacial score (nSPS) is 17.1. The Kier molecular flexibility index (Phi) is 4.32. The quantitative estimate of drug-likeness (QED) is 0.580. The van der Waals surface area contributed by atoms with E-state index in [1.807, 2.05) is 11.6 Å². The van der Waals surface area contributed by atoms with Gasteiger partial charge in [0, 0.05) is 22.5 Å². The van der Waals surface area contributed by atoms with Crippen molar-refractivity contribution in [3.63, 3.8) is 0 Å². The van der Waals surface area contributed by atoms with Gasteiger partial charge >= 0.3 is 0 Å². The van der Waals surface area contributed by atoms with E-state index in [9.17, 15) is 4.79 Å². The Morgan fingerprint density at radius 1 is 1.28 bits per heavy atom. The third-order valence-electron chi connectivity index (χ3n) is 5.85. The summed E-state index contributed by atoms with van der Waals surface area (Å²) in [6.45, 7) is 9.11. The van der Waals surface area contributed by atoms with E-state index in [1.54, 1.807) is 11.3 Å². The van der Waals surface area contributed by atoms with Crippen molar-refractivity contribution < 1.29 is 4.79 Å². The van der Waals surface area contributed by atoms with Gasteiger partial charge in [-0.1, -0.05) is 6.07 Å². The van der Waals surface area contributed by atoms with Gasteiger partial charge in [0.05, 0.1) is 28.7 Å². The molecule has 0 N–H and O–H groups in total. The zero-order valence-electron chi connectivity index (χ0n) is 17.6. The Morgan fingerprint density at radius 2 is 2.03 bits per heavy atom. The van der Waals surface area contributed by atoms with E-state index < -0.39 is 0 Å². The van der Waals surface area contributed by atoms with Crippen LogP contribution in [-0.2, 0) is 12.1 Å². The standard InChI is InChI=1S/C23H28N4OS/c1-14-20-18(22(28)26(16-9-10-16)13-17-6-5-11-29-17)12-19(15-7-8-15)24-21(20)27(25-14)23(2,3)4/h5-6,11-12,15-16H,7-10,13H2,1-4H3. The van der Waals surface area contributed by atoms with Crippen molar-refractivity contribution in [2.45, 2.75) is 77.4 Å². The molecular weight excluding hydrogens is 380 g/mol. The van der Waals surface area contributed by atoms with E-state index in [1.165, 1.54) is 4.88 Å². The lowest BCUT2D eigenvalue weighted by atomic mass is 10.1. The van der Waals surface area contributed by atoms with Crippen LogP contribution in [0.4, 0.5) is 0 Å². The predicted octanol–water partition coefficient (Wildman–Crippen LogP) is 5.24. The van der Waals surface area contributed by atoms with Crippen molar-refractivity contribution in [2.24, 2.45) is 0 Å². The number of hydrogen-bond donors (Lipinski definition) is 0. The van der Waals surface area contributed by atoms with Gasteiger partial charge in [0.1, 0.15) is 0 Å². The molecule has 0 radical (unpaired) electrons. The van der Waals surface area contributed by atoms with E-state index in [0.29, 0.717) is 18.5 Å². The molecule has 2 aliphatic carbocycles. The van der Waals surface area contributed by atoms with Crippen LogP contribution in [0.5, 0.6) is 0 Å². The van der Waals surface area contributed by atoms with Gasteiger partial charge in [-0.2, -0.15) is 5.10 Å². The van der Waals surface area contributed by atoms with Gasteiger partial charge in [-0.05, 0) is 70.9 Å². The highest BCUT2D eigenvalue weighted by atomic mass is 32.1. The molecular formula is C23H28N4OS. The molecule has 5 rings (SSSR count). The molecule has 0 unspecified atom stereocenters. The van der Waals surface area contributed by atoms with Crippen molar-refractivity contribution in [2.75, 3.05) is 0 Å². The second-order valence-corrected chi connectivity index (χ2v) is 10.5. The van der Waals surface area contributed by atoms with E-state index in [-0.39, 0.29) is 11.4 Å². The highest BCUT2D eigenvalue weighted by Gasteiger charge is 2.36. The van der Waals surface area contributed by atoms with Crippen LogP contribution in [0.2, 0.25) is 0 Å². The average Bonchev–Trinajstić information content (AvgIpc) is 3.60.